The third-order valence-corrected chi connectivity index (χ3v) is 5.38. The van der Waals surface area contributed by atoms with Crippen molar-refractivity contribution < 1.29 is 14.3 Å². The molecule has 2 aliphatic heterocycles. The molecule has 0 aliphatic carbocycles. The molecule has 130 valence electrons. The predicted octanol–water partition coefficient (Wildman–Crippen LogP) is 2.26. The lowest BCUT2D eigenvalue weighted by Crippen LogP contribution is -2.41. The van der Waals surface area contributed by atoms with Crippen LogP contribution < -0.4 is 0 Å². The molecule has 24 heavy (non-hydrogen) atoms. The van der Waals surface area contributed by atoms with Crippen LogP contribution in [-0.4, -0.2) is 66.8 Å². The Hall–Kier alpha value is -1.53. The monoisotopic (exact) mass is 348 g/mol. The first kappa shape index (κ1) is 17.3. The van der Waals surface area contributed by atoms with Crippen LogP contribution in [0.2, 0.25) is 0 Å². The van der Waals surface area contributed by atoms with E-state index in [-0.39, 0.29) is 17.9 Å². The number of rotatable bonds is 3. The summed E-state index contributed by atoms with van der Waals surface area (Å²) in [7, 11) is 0. The summed E-state index contributed by atoms with van der Waals surface area (Å²) >= 11 is 1.66. The average Bonchev–Trinajstić information content (AvgIpc) is 3.05. The number of ether oxygens (including phenoxy) is 1. The minimum absolute atomic E-state index is 0.0501. The lowest BCUT2D eigenvalue weighted by molar-refractivity contribution is -0.140. The standard InChI is InChI=1S/C18H24N2O3S/c1-24-15-7-5-14(6-8-15)17(21)19-9-3-10-20(12-11-19)18(22)16-4-2-13-23-16/h5-8,16H,2-4,9-13H2,1H3. The molecule has 2 saturated heterocycles. The van der Waals surface area contributed by atoms with Gasteiger partial charge < -0.3 is 14.5 Å². The molecule has 0 spiro atoms. The Labute approximate surface area is 147 Å². The number of hydrogen-bond donors (Lipinski definition) is 0. The highest BCUT2D eigenvalue weighted by atomic mass is 32.2. The molecule has 0 N–H and O–H groups in total. The molecule has 1 aromatic carbocycles. The highest BCUT2D eigenvalue weighted by Gasteiger charge is 2.30. The SMILES string of the molecule is CSc1ccc(C(=O)N2CCCN(C(=O)C3CCCO3)CC2)cc1. The van der Waals surface area contributed by atoms with Crippen molar-refractivity contribution >= 4 is 23.6 Å². The Balaban J connectivity index is 1.59. The molecule has 0 radical (unpaired) electrons. The Kier molecular flexibility index (Phi) is 5.79. The predicted molar refractivity (Wildman–Crippen MR) is 94.3 cm³/mol. The second kappa shape index (κ2) is 8.03. The van der Waals surface area contributed by atoms with Crippen molar-refractivity contribution in [1.29, 1.82) is 0 Å². The summed E-state index contributed by atoms with van der Waals surface area (Å²) < 4.78 is 5.50. The van der Waals surface area contributed by atoms with Crippen LogP contribution in [0.4, 0.5) is 0 Å². The molecule has 2 aliphatic rings. The Morgan fingerprint density at radius 3 is 2.42 bits per heavy atom. The first-order valence-corrected chi connectivity index (χ1v) is 9.75. The topological polar surface area (TPSA) is 49.9 Å². The van der Waals surface area contributed by atoms with Gasteiger partial charge in [0.15, 0.2) is 0 Å². The Morgan fingerprint density at radius 2 is 1.75 bits per heavy atom. The minimum Gasteiger partial charge on any atom is -0.368 e. The van der Waals surface area contributed by atoms with Crippen LogP contribution in [0.3, 0.4) is 0 Å². The molecule has 1 atom stereocenters. The molecule has 1 unspecified atom stereocenters. The van der Waals surface area contributed by atoms with E-state index >= 15 is 0 Å². The van der Waals surface area contributed by atoms with E-state index in [9.17, 15) is 9.59 Å². The van der Waals surface area contributed by atoms with Gasteiger partial charge in [-0.15, -0.1) is 11.8 Å². The van der Waals surface area contributed by atoms with Crippen molar-refractivity contribution in [2.45, 2.75) is 30.3 Å². The summed E-state index contributed by atoms with van der Waals surface area (Å²) in [5.74, 6) is 0.139. The van der Waals surface area contributed by atoms with Gasteiger partial charge in [-0.25, -0.2) is 0 Å². The van der Waals surface area contributed by atoms with Gasteiger partial charge in [-0.3, -0.25) is 9.59 Å². The zero-order valence-electron chi connectivity index (χ0n) is 14.1. The van der Waals surface area contributed by atoms with Gasteiger partial charge in [-0.05, 0) is 49.8 Å². The molecule has 6 heteroatoms. The first-order chi connectivity index (χ1) is 11.7. The molecule has 0 aromatic heterocycles. The third-order valence-electron chi connectivity index (χ3n) is 4.64. The number of amides is 2. The largest absolute Gasteiger partial charge is 0.368 e. The van der Waals surface area contributed by atoms with E-state index in [4.69, 9.17) is 4.74 Å². The van der Waals surface area contributed by atoms with Crippen LogP contribution in [0.5, 0.6) is 0 Å². The van der Waals surface area contributed by atoms with Gasteiger partial charge in [0.05, 0.1) is 0 Å². The number of carbonyl (C=O) groups excluding carboxylic acids is 2. The number of hydrogen-bond acceptors (Lipinski definition) is 4. The molecular weight excluding hydrogens is 324 g/mol. The third kappa shape index (κ3) is 3.92. The summed E-state index contributed by atoms with van der Waals surface area (Å²) in [6, 6.07) is 7.72. The molecule has 1 aromatic rings. The van der Waals surface area contributed by atoms with Crippen LogP contribution in [0.25, 0.3) is 0 Å². The van der Waals surface area contributed by atoms with Crippen LogP contribution in [-0.2, 0) is 9.53 Å². The smallest absolute Gasteiger partial charge is 0.253 e. The summed E-state index contributed by atoms with van der Waals surface area (Å²) in [6.07, 6.45) is 4.34. The quantitative estimate of drug-likeness (QED) is 0.786. The van der Waals surface area contributed by atoms with Gasteiger partial charge >= 0.3 is 0 Å². The summed E-state index contributed by atoms with van der Waals surface area (Å²) in [5.41, 5.74) is 0.715. The van der Waals surface area contributed by atoms with E-state index in [1.165, 1.54) is 0 Å². The second-order valence-corrected chi connectivity index (χ2v) is 7.08. The van der Waals surface area contributed by atoms with Crippen LogP contribution in [0, 0.1) is 0 Å². The normalized spacial score (nSPS) is 21.6. The fraction of sp³-hybridized carbons (Fsp3) is 0.556. The molecule has 5 nitrogen and oxygen atoms in total. The first-order valence-electron chi connectivity index (χ1n) is 8.53. The summed E-state index contributed by atoms with van der Waals surface area (Å²) in [6.45, 7) is 3.25. The number of benzene rings is 1. The fourth-order valence-corrected chi connectivity index (χ4v) is 3.64. The van der Waals surface area contributed by atoms with Gasteiger partial charge in [0.2, 0.25) is 0 Å². The Bertz CT molecular complexity index is 584. The minimum atomic E-state index is -0.272. The summed E-state index contributed by atoms with van der Waals surface area (Å²) in [5, 5.41) is 0. The van der Waals surface area contributed by atoms with E-state index in [1.54, 1.807) is 11.8 Å². The summed E-state index contributed by atoms with van der Waals surface area (Å²) in [4.78, 5) is 30.0. The highest BCUT2D eigenvalue weighted by molar-refractivity contribution is 7.98. The Morgan fingerprint density at radius 1 is 1.04 bits per heavy atom. The zero-order chi connectivity index (χ0) is 16.9. The zero-order valence-corrected chi connectivity index (χ0v) is 14.9. The van der Waals surface area contributed by atoms with Crippen LogP contribution >= 0.6 is 11.8 Å². The van der Waals surface area contributed by atoms with Crippen LogP contribution in [0.15, 0.2) is 29.2 Å². The molecule has 2 amide bonds. The molecular formula is C18H24N2O3S. The lowest BCUT2D eigenvalue weighted by atomic mass is 10.2. The average molecular weight is 348 g/mol. The molecule has 0 bridgehead atoms. The number of nitrogens with zero attached hydrogens (tertiary/aromatic N) is 2. The van der Waals surface area contributed by atoms with E-state index < -0.39 is 0 Å². The van der Waals surface area contributed by atoms with E-state index in [1.807, 2.05) is 40.3 Å². The van der Waals surface area contributed by atoms with Crippen LogP contribution in [0.1, 0.15) is 29.6 Å². The van der Waals surface area contributed by atoms with Crippen molar-refractivity contribution in [2.75, 3.05) is 39.0 Å². The van der Waals surface area contributed by atoms with Crippen molar-refractivity contribution in [1.82, 2.24) is 9.80 Å². The maximum Gasteiger partial charge on any atom is 0.253 e. The highest BCUT2D eigenvalue weighted by Crippen LogP contribution is 2.18. The molecule has 2 fully saturated rings. The van der Waals surface area contributed by atoms with Gasteiger partial charge in [0.1, 0.15) is 6.10 Å². The van der Waals surface area contributed by atoms with Crippen molar-refractivity contribution in [3.63, 3.8) is 0 Å². The van der Waals surface area contributed by atoms with Gasteiger partial charge in [-0.1, -0.05) is 0 Å². The van der Waals surface area contributed by atoms with Gasteiger partial charge in [0.25, 0.3) is 11.8 Å². The lowest BCUT2D eigenvalue weighted by Gasteiger charge is -2.24. The van der Waals surface area contributed by atoms with Crippen molar-refractivity contribution in [2.24, 2.45) is 0 Å². The van der Waals surface area contributed by atoms with E-state index in [0.29, 0.717) is 38.3 Å². The van der Waals surface area contributed by atoms with Gasteiger partial charge in [0, 0.05) is 43.2 Å². The van der Waals surface area contributed by atoms with Crippen molar-refractivity contribution in [3.05, 3.63) is 29.8 Å². The van der Waals surface area contributed by atoms with E-state index in [2.05, 4.69) is 0 Å². The van der Waals surface area contributed by atoms with E-state index in [0.717, 1.165) is 24.2 Å². The fourth-order valence-electron chi connectivity index (χ4n) is 3.23. The van der Waals surface area contributed by atoms with Gasteiger partial charge in [-0.2, -0.15) is 0 Å². The second-order valence-electron chi connectivity index (χ2n) is 6.20. The molecule has 3 rings (SSSR count). The number of thioether (sulfide) groups is 1. The number of carbonyl (C=O) groups is 2. The van der Waals surface area contributed by atoms with Crippen molar-refractivity contribution in [3.8, 4) is 0 Å². The maximum absolute atomic E-state index is 12.7. The maximum atomic E-state index is 12.7. The molecule has 0 saturated carbocycles. The molecule has 2 heterocycles.